The highest BCUT2D eigenvalue weighted by Gasteiger charge is 2.24. The van der Waals surface area contributed by atoms with E-state index in [4.69, 9.17) is 5.11 Å². The maximum absolute atomic E-state index is 10.9. The number of carboxylic acid groups (broad SMARTS) is 1. The summed E-state index contributed by atoms with van der Waals surface area (Å²) in [4.78, 5) is 17.9. The summed E-state index contributed by atoms with van der Waals surface area (Å²) in [7, 11) is 0. The van der Waals surface area contributed by atoms with Gasteiger partial charge in [-0.05, 0) is 31.6 Å². The first-order chi connectivity index (χ1) is 9.17. The van der Waals surface area contributed by atoms with Gasteiger partial charge in [0.2, 0.25) is 0 Å². The van der Waals surface area contributed by atoms with Crippen molar-refractivity contribution in [3.63, 3.8) is 0 Å². The highest BCUT2D eigenvalue weighted by molar-refractivity contribution is 5.88. The fourth-order valence-corrected chi connectivity index (χ4v) is 2.69. The molecule has 100 valence electrons. The summed E-state index contributed by atoms with van der Waals surface area (Å²) in [6.45, 7) is 5.42. The summed E-state index contributed by atoms with van der Waals surface area (Å²) in [6.07, 6.45) is 4.91. The van der Waals surface area contributed by atoms with Gasteiger partial charge in [-0.15, -0.1) is 0 Å². The maximum atomic E-state index is 10.9. The van der Waals surface area contributed by atoms with Crippen LogP contribution in [0.25, 0.3) is 5.65 Å². The molecule has 0 saturated carbocycles. The monoisotopic (exact) mass is 259 g/mol. The van der Waals surface area contributed by atoms with E-state index < -0.39 is 5.97 Å². The van der Waals surface area contributed by atoms with E-state index in [0.29, 0.717) is 11.6 Å². The SMILES string of the molecule is CCN1CCC(c2cn3ccc(C(=O)O)cc3n2)C1. The van der Waals surface area contributed by atoms with Crippen molar-refractivity contribution in [1.82, 2.24) is 14.3 Å². The number of carboxylic acids is 1. The Morgan fingerprint density at radius 2 is 2.42 bits per heavy atom. The van der Waals surface area contributed by atoms with Gasteiger partial charge in [0.25, 0.3) is 0 Å². The topological polar surface area (TPSA) is 57.8 Å². The number of likely N-dealkylation sites (tertiary alicyclic amines) is 1. The Hall–Kier alpha value is -1.88. The molecule has 2 aromatic heterocycles. The number of fused-ring (bicyclic) bond motifs is 1. The van der Waals surface area contributed by atoms with E-state index in [1.165, 1.54) is 0 Å². The Kier molecular flexibility index (Phi) is 2.98. The van der Waals surface area contributed by atoms with Crippen LogP contribution in [0.4, 0.5) is 0 Å². The zero-order valence-electron chi connectivity index (χ0n) is 10.9. The molecule has 1 atom stereocenters. The van der Waals surface area contributed by atoms with Crippen molar-refractivity contribution < 1.29 is 9.90 Å². The molecule has 1 aliphatic rings. The van der Waals surface area contributed by atoms with Crippen molar-refractivity contribution in [3.8, 4) is 0 Å². The van der Waals surface area contributed by atoms with Crippen molar-refractivity contribution in [3.05, 3.63) is 35.8 Å². The fraction of sp³-hybridized carbons (Fsp3) is 0.429. The second kappa shape index (κ2) is 4.66. The minimum absolute atomic E-state index is 0.284. The number of nitrogens with zero attached hydrogens (tertiary/aromatic N) is 3. The molecule has 1 fully saturated rings. The van der Waals surface area contributed by atoms with Gasteiger partial charge in [0.1, 0.15) is 5.65 Å². The van der Waals surface area contributed by atoms with Gasteiger partial charge >= 0.3 is 5.97 Å². The molecule has 3 rings (SSSR count). The summed E-state index contributed by atoms with van der Waals surface area (Å²) < 4.78 is 1.90. The Labute approximate surface area is 111 Å². The summed E-state index contributed by atoms with van der Waals surface area (Å²) in [5.41, 5.74) is 2.06. The van der Waals surface area contributed by atoms with Crippen molar-refractivity contribution in [2.24, 2.45) is 0 Å². The first-order valence-electron chi connectivity index (χ1n) is 6.61. The number of hydrogen-bond acceptors (Lipinski definition) is 3. The third-order valence-electron chi connectivity index (χ3n) is 3.86. The van der Waals surface area contributed by atoms with Crippen molar-refractivity contribution in [2.45, 2.75) is 19.3 Å². The number of pyridine rings is 1. The predicted octanol–water partition coefficient (Wildman–Crippen LogP) is 1.84. The highest BCUT2D eigenvalue weighted by atomic mass is 16.4. The summed E-state index contributed by atoms with van der Waals surface area (Å²) in [5, 5.41) is 8.99. The number of rotatable bonds is 3. The summed E-state index contributed by atoms with van der Waals surface area (Å²) in [6, 6.07) is 3.23. The normalized spacial score (nSPS) is 20.2. The molecule has 0 radical (unpaired) electrons. The first kappa shape index (κ1) is 12.2. The third kappa shape index (κ3) is 2.21. The van der Waals surface area contributed by atoms with E-state index in [0.717, 1.165) is 31.7 Å². The number of aromatic carboxylic acids is 1. The summed E-state index contributed by atoms with van der Waals surface area (Å²) >= 11 is 0. The number of likely N-dealkylation sites (N-methyl/N-ethyl adjacent to an activating group) is 1. The van der Waals surface area contributed by atoms with Gasteiger partial charge in [-0.1, -0.05) is 6.92 Å². The van der Waals surface area contributed by atoms with Crippen LogP contribution in [0.15, 0.2) is 24.5 Å². The van der Waals surface area contributed by atoms with Gasteiger partial charge in [-0.2, -0.15) is 0 Å². The van der Waals surface area contributed by atoms with E-state index in [1.54, 1.807) is 18.3 Å². The molecule has 0 aliphatic carbocycles. The van der Waals surface area contributed by atoms with E-state index in [9.17, 15) is 4.79 Å². The van der Waals surface area contributed by atoms with Gasteiger partial charge in [0.15, 0.2) is 0 Å². The molecule has 0 bridgehead atoms. The lowest BCUT2D eigenvalue weighted by Gasteiger charge is -2.11. The average molecular weight is 259 g/mol. The predicted molar refractivity (Wildman–Crippen MR) is 71.6 cm³/mol. The third-order valence-corrected chi connectivity index (χ3v) is 3.86. The first-order valence-corrected chi connectivity index (χ1v) is 6.61. The molecule has 3 heterocycles. The van der Waals surface area contributed by atoms with Crippen LogP contribution in [0.1, 0.15) is 35.3 Å². The van der Waals surface area contributed by atoms with Gasteiger partial charge in [-0.25, -0.2) is 9.78 Å². The highest BCUT2D eigenvalue weighted by Crippen LogP contribution is 2.26. The second-order valence-corrected chi connectivity index (χ2v) is 5.03. The Morgan fingerprint density at radius 3 is 3.11 bits per heavy atom. The maximum Gasteiger partial charge on any atom is 0.335 e. The second-order valence-electron chi connectivity index (χ2n) is 5.03. The van der Waals surface area contributed by atoms with Crippen LogP contribution in [-0.4, -0.2) is 45.0 Å². The lowest BCUT2D eigenvalue weighted by molar-refractivity contribution is 0.0697. The molecular weight excluding hydrogens is 242 g/mol. The lowest BCUT2D eigenvalue weighted by Crippen LogP contribution is -2.19. The van der Waals surface area contributed by atoms with Gasteiger partial charge in [0.05, 0.1) is 11.3 Å². The minimum Gasteiger partial charge on any atom is -0.478 e. The minimum atomic E-state index is -0.912. The van der Waals surface area contributed by atoms with Crippen LogP contribution < -0.4 is 0 Å². The molecule has 0 spiro atoms. The number of hydrogen-bond donors (Lipinski definition) is 1. The molecule has 1 unspecified atom stereocenters. The largest absolute Gasteiger partial charge is 0.478 e. The van der Waals surface area contributed by atoms with E-state index in [1.807, 2.05) is 10.6 Å². The molecule has 1 N–H and O–H groups in total. The van der Waals surface area contributed by atoms with Crippen LogP contribution in [-0.2, 0) is 0 Å². The number of imidazole rings is 1. The van der Waals surface area contributed by atoms with Crippen LogP contribution in [0.5, 0.6) is 0 Å². The van der Waals surface area contributed by atoms with E-state index in [2.05, 4.69) is 16.8 Å². The Balaban J connectivity index is 1.91. The lowest BCUT2D eigenvalue weighted by atomic mass is 10.1. The molecule has 1 aliphatic heterocycles. The molecule has 19 heavy (non-hydrogen) atoms. The van der Waals surface area contributed by atoms with Crippen molar-refractivity contribution in [2.75, 3.05) is 19.6 Å². The molecule has 5 heteroatoms. The standard InChI is InChI=1S/C14H17N3O2/c1-2-16-5-3-11(8-16)12-9-17-6-4-10(14(18)19)7-13(17)15-12/h4,6-7,9,11H,2-3,5,8H2,1H3,(H,18,19). The fourth-order valence-electron chi connectivity index (χ4n) is 2.69. The van der Waals surface area contributed by atoms with Crippen molar-refractivity contribution >= 4 is 11.6 Å². The van der Waals surface area contributed by atoms with Crippen LogP contribution in [0.2, 0.25) is 0 Å². The summed E-state index contributed by atoms with van der Waals surface area (Å²) in [5.74, 6) is -0.446. The van der Waals surface area contributed by atoms with Crippen LogP contribution in [0, 0.1) is 0 Å². The van der Waals surface area contributed by atoms with Crippen LogP contribution in [0.3, 0.4) is 0 Å². The smallest absolute Gasteiger partial charge is 0.335 e. The van der Waals surface area contributed by atoms with Gasteiger partial charge < -0.3 is 14.4 Å². The molecule has 0 aromatic carbocycles. The number of carbonyl (C=O) groups is 1. The molecule has 0 amide bonds. The average Bonchev–Trinajstić information content (AvgIpc) is 3.03. The van der Waals surface area contributed by atoms with Gasteiger partial charge in [-0.3, -0.25) is 0 Å². The Bertz CT molecular complexity index is 620. The molecule has 2 aromatic rings. The molecule has 1 saturated heterocycles. The Morgan fingerprint density at radius 1 is 1.58 bits per heavy atom. The van der Waals surface area contributed by atoms with Gasteiger partial charge in [0, 0.05) is 24.9 Å². The zero-order chi connectivity index (χ0) is 13.4. The van der Waals surface area contributed by atoms with E-state index >= 15 is 0 Å². The van der Waals surface area contributed by atoms with Crippen LogP contribution >= 0.6 is 0 Å². The number of aromatic nitrogens is 2. The molecular formula is C14H17N3O2. The molecule has 5 nitrogen and oxygen atoms in total. The zero-order valence-corrected chi connectivity index (χ0v) is 10.9. The quantitative estimate of drug-likeness (QED) is 0.913. The van der Waals surface area contributed by atoms with Crippen molar-refractivity contribution in [1.29, 1.82) is 0 Å². The van der Waals surface area contributed by atoms with E-state index in [-0.39, 0.29) is 5.56 Å².